The third kappa shape index (κ3) is 7.16. The van der Waals surface area contributed by atoms with Crippen molar-refractivity contribution in [1.82, 2.24) is 0 Å². The Bertz CT molecular complexity index is 1650. The van der Waals surface area contributed by atoms with Gasteiger partial charge in [-0.1, -0.05) is 23.7 Å². The topological polar surface area (TPSA) is 161 Å². The predicted octanol–water partition coefficient (Wildman–Crippen LogP) is 4.41. The number of nitrogens with zero attached hydrogens (tertiary/aromatic N) is 1. The van der Waals surface area contributed by atoms with Gasteiger partial charge in [0.15, 0.2) is 5.75 Å². The van der Waals surface area contributed by atoms with Crippen molar-refractivity contribution in [2.24, 2.45) is 0 Å². The monoisotopic (exact) mass is 583 g/mol. The van der Waals surface area contributed by atoms with E-state index in [-0.39, 0.29) is 49.7 Å². The number of hydrogen-bond donors (Lipinski definition) is 2. The van der Waals surface area contributed by atoms with Gasteiger partial charge in [0.05, 0.1) is 30.5 Å². The summed E-state index contributed by atoms with van der Waals surface area (Å²) in [6.45, 7) is 1.32. The van der Waals surface area contributed by atoms with E-state index >= 15 is 0 Å². The quantitative estimate of drug-likeness (QED) is 0.161. The van der Waals surface area contributed by atoms with Crippen LogP contribution < -0.4 is 19.6 Å². The lowest BCUT2D eigenvalue weighted by atomic mass is 10.1. The van der Waals surface area contributed by atoms with E-state index in [9.17, 15) is 28.1 Å². The molecule has 2 N–H and O–H groups in total. The summed E-state index contributed by atoms with van der Waals surface area (Å²) >= 11 is 6.32. The fourth-order valence-electron chi connectivity index (χ4n) is 3.35. The maximum absolute atomic E-state index is 12.9. The van der Waals surface area contributed by atoms with Crippen LogP contribution in [-0.4, -0.2) is 40.4 Å². The van der Waals surface area contributed by atoms with Gasteiger partial charge in [0, 0.05) is 12.6 Å². The molecule has 0 aromatic heterocycles. The Hall–Kier alpha value is -4.86. The average molecular weight is 584 g/mol. The van der Waals surface area contributed by atoms with E-state index in [0.717, 1.165) is 0 Å². The summed E-state index contributed by atoms with van der Waals surface area (Å²) < 4.78 is 40.9. The van der Waals surface area contributed by atoms with E-state index in [2.05, 4.69) is 10.6 Å². The number of halogens is 1. The molecule has 2 amide bonds. The normalized spacial score (nSPS) is 11.1. The second kappa shape index (κ2) is 12.8. The molecule has 3 aromatic carbocycles. The minimum absolute atomic E-state index is 0.0906. The van der Waals surface area contributed by atoms with E-state index in [0.29, 0.717) is 5.69 Å². The van der Waals surface area contributed by atoms with Gasteiger partial charge in [-0.3, -0.25) is 9.59 Å². The van der Waals surface area contributed by atoms with Gasteiger partial charge in [0.2, 0.25) is 11.7 Å². The Kier molecular flexibility index (Phi) is 9.50. The zero-order valence-corrected chi connectivity index (χ0v) is 22.9. The molecule has 0 saturated heterocycles. The van der Waals surface area contributed by atoms with Gasteiger partial charge in [-0.05, 0) is 60.2 Å². The fourth-order valence-corrected chi connectivity index (χ4v) is 4.62. The van der Waals surface area contributed by atoms with Crippen LogP contribution in [0.2, 0.25) is 5.02 Å². The third-order valence-corrected chi connectivity index (χ3v) is 6.68. The van der Waals surface area contributed by atoms with Gasteiger partial charge >= 0.3 is 16.1 Å². The molecular weight excluding hydrogens is 562 g/mol. The van der Waals surface area contributed by atoms with Crippen molar-refractivity contribution in [2.45, 2.75) is 11.8 Å². The zero-order chi connectivity index (χ0) is 29.4. The summed E-state index contributed by atoms with van der Waals surface area (Å²) in [6, 6.07) is 15.7. The number of carbonyl (C=O) groups is 3. The molecule has 40 heavy (non-hydrogen) atoms. The van der Waals surface area contributed by atoms with Gasteiger partial charge in [-0.25, -0.2) is 4.79 Å². The molecule has 0 radical (unpaired) electrons. The summed E-state index contributed by atoms with van der Waals surface area (Å²) in [7, 11) is -1.91. The molecule has 206 valence electrons. The highest BCUT2D eigenvalue weighted by Gasteiger charge is 2.23. The highest BCUT2D eigenvalue weighted by atomic mass is 35.5. The van der Waals surface area contributed by atoms with Crippen LogP contribution in [0.3, 0.4) is 0 Å². The Labute approximate surface area is 235 Å². The van der Waals surface area contributed by atoms with Crippen molar-refractivity contribution in [3.05, 3.63) is 82.4 Å². The maximum Gasteiger partial charge on any atom is 0.339 e. The van der Waals surface area contributed by atoms with Crippen molar-refractivity contribution in [2.75, 3.05) is 24.9 Å². The molecule has 0 unspecified atom stereocenters. The van der Waals surface area contributed by atoms with Gasteiger partial charge in [-0.2, -0.15) is 13.7 Å². The number of benzene rings is 3. The largest absolute Gasteiger partial charge is 0.493 e. The molecule has 3 rings (SSSR count). The molecule has 0 atom stereocenters. The fraction of sp³-hybridized carbons (Fsp3) is 0.111. The number of anilines is 2. The van der Waals surface area contributed by atoms with E-state index in [1.807, 2.05) is 0 Å². The third-order valence-electron chi connectivity index (χ3n) is 5.16. The van der Waals surface area contributed by atoms with E-state index in [1.54, 1.807) is 18.2 Å². The smallest absolute Gasteiger partial charge is 0.339 e. The van der Waals surface area contributed by atoms with Crippen LogP contribution in [-0.2, 0) is 24.4 Å². The lowest BCUT2D eigenvalue weighted by Crippen LogP contribution is -2.16. The number of nitriles is 1. The van der Waals surface area contributed by atoms with Crippen molar-refractivity contribution >= 4 is 57.0 Å². The Morgan fingerprint density at radius 3 is 2.27 bits per heavy atom. The Balaban J connectivity index is 1.89. The molecule has 3 aromatic rings. The van der Waals surface area contributed by atoms with Gasteiger partial charge in [0.25, 0.3) is 5.91 Å². The predicted molar refractivity (Wildman–Crippen MR) is 147 cm³/mol. The summed E-state index contributed by atoms with van der Waals surface area (Å²) in [4.78, 5) is 35.8. The van der Waals surface area contributed by atoms with Gasteiger partial charge < -0.3 is 24.3 Å². The summed E-state index contributed by atoms with van der Waals surface area (Å²) in [5.41, 5.74) is 0.491. The van der Waals surface area contributed by atoms with Crippen LogP contribution in [0.4, 0.5) is 11.4 Å². The minimum Gasteiger partial charge on any atom is -0.493 e. The number of para-hydroxylation sites is 1. The van der Waals surface area contributed by atoms with Crippen LogP contribution in [0.15, 0.2) is 71.1 Å². The molecular formula is C27H22ClN3O8S. The van der Waals surface area contributed by atoms with Crippen LogP contribution in [0, 0.1) is 11.3 Å². The summed E-state index contributed by atoms with van der Waals surface area (Å²) in [5, 5.41) is 14.4. The zero-order valence-electron chi connectivity index (χ0n) is 21.4. The average Bonchev–Trinajstić information content (AvgIpc) is 2.92. The number of esters is 1. The first-order valence-electron chi connectivity index (χ1n) is 11.3. The lowest BCUT2D eigenvalue weighted by Gasteiger charge is -2.14. The van der Waals surface area contributed by atoms with Crippen molar-refractivity contribution in [1.29, 1.82) is 5.26 Å². The van der Waals surface area contributed by atoms with Crippen LogP contribution in [0.25, 0.3) is 6.08 Å². The highest BCUT2D eigenvalue weighted by Crippen LogP contribution is 2.39. The second-order valence-electron chi connectivity index (χ2n) is 7.94. The number of hydrogen-bond acceptors (Lipinski definition) is 9. The number of nitrogens with one attached hydrogen (secondary N) is 2. The van der Waals surface area contributed by atoms with Gasteiger partial charge in [-0.15, -0.1) is 0 Å². The van der Waals surface area contributed by atoms with Crippen LogP contribution >= 0.6 is 11.6 Å². The minimum atomic E-state index is -4.36. The molecule has 11 nitrogen and oxygen atoms in total. The van der Waals surface area contributed by atoms with Crippen molar-refractivity contribution in [3.63, 3.8) is 0 Å². The number of carbonyl (C=O) groups excluding carboxylic acids is 3. The summed E-state index contributed by atoms with van der Waals surface area (Å²) in [5.74, 6) is -2.22. The number of methoxy groups -OCH3 is 2. The highest BCUT2D eigenvalue weighted by molar-refractivity contribution is 7.87. The van der Waals surface area contributed by atoms with E-state index in [1.165, 1.54) is 75.8 Å². The second-order valence-corrected chi connectivity index (χ2v) is 9.89. The van der Waals surface area contributed by atoms with E-state index in [4.69, 9.17) is 25.3 Å². The first-order chi connectivity index (χ1) is 19.0. The van der Waals surface area contributed by atoms with Crippen molar-refractivity contribution in [3.8, 4) is 17.6 Å². The molecule has 0 spiro atoms. The molecule has 0 aliphatic heterocycles. The molecule has 0 bridgehead atoms. The molecule has 0 aliphatic carbocycles. The molecule has 0 fully saturated rings. The Morgan fingerprint density at radius 1 is 1.00 bits per heavy atom. The standard InChI is InChI=1S/C27H22ClN3O8S/c1-16(32)30-19-8-10-20(11-9-19)40(35,36)39-25-22(28)13-17(14-24(25)37-2)12-18(15-29)26(33)31-23-7-5-4-6-21(23)27(34)38-3/h4-14H,1-3H3,(H,30,32)(H,31,33)/b18-12+. The van der Waals surface area contributed by atoms with Crippen molar-refractivity contribution < 1.29 is 36.5 Å². The molecule has 0 saturated carbocycles. The maximum atomic E-state index is 12.9. The van der Waals surface area contributed by atoms with E-state index < -0.39 is 22.0 Å². The molecule has 0 heterocycles. The van der Waals surface area contributed by atoms with Gasteiger partial charge in [0.1, 0.15) is 16.5 Å². The molecule has 0 aliphatic rings. The number of amides is 2. The first kappa shape index (κ1) is 29.7. The SMILES string of the molecule is COC(=O)c1ccccc1NC(=O)/C(C#N)=C/c1cc(Cl)c(OS(=O)(=O)c2ccc(NC(C)=O)cc2)c(OC)c1. The lowest BCUT2D eigenvalue weighted by molar-refractivity contribution is -0.114. The number of ether oxygens (including phenoxy) is 2. The first-order valence-corrected chi connectivity index (χ1v) is 13.1. The molecule has 13 heteroatoms. The summed E-state index contributed by atoms with van der Waals surface area (Å²) in [6.07, 6.45) is 1.20. The number of rotatable bonds is 9. The van der Waals surface area contributed by atoms with Crippen LogP contribution in [0.1, 0.15) is 22.8 Å². The van der Waals surface area contributed by atoms with Crippen LogP contribution in [0.5, 0.6) is 11.5 Å². The Morgan fingerprint density at radius 2 is 1.68 bits per heavy atom.